The summed E-state index contributed by atoms with van der Waals surface area (Å²) in [6.07, 6.45) is 30.8. The van der Waals surface area contributed by atoms with E-state index in [0.29, 0.717) is 23.4 Å². The van der Waals surface area contributed by atoms with Crippen molar-refractivity contribution in [1.29, 1.82) is 0 Å². The summed E-state index contributed by atoms with van der Waals surface area (Å²) in [4.78, 5) is 9.03. The molecule has 20 rings (SSSR count). The minimum absolute atomic E-state index is 0.0140. The van der Waals surface area contributed by atoms with Gasteiger partial charge >= 0.3 is 0 Å². The fourth-order valence-electron chi connectivity index (χ4n) is 26.8. The minimum Gasteiger partial charge on any atom is -0.376 e. The van der Waals surface area contributed by atoms with Crippen LogP contribution >= 0.6 is 36.7 Å². The molecule has 84 heavy (non-hydrogen) atoms. The number of piperidine rings is 4. The zero-order valence-electron chi connectivity index (χ0n) is 52.2. The molecule has 13 aliphatic carbocycles. The molecule has 4 saturated heterocycles. The van der Waals surface area contributed by atoms with Gasteiger partial charge in [-0.2, -0.15) is 0 Å². The fourth-order valence-corrected chi connectivity index (χ4v) is 28.0. The number of benzene rings is 3. The zero-order chi connectivity index (χ0) is 57.8. The van der Waals surface area contributed by atoms with Crippen LogP contribution < -0.4 is 22.1 Å². The molecule has 4 heterocycles. The third-order valence-electron chi connectivity index (χ3n) is 28.1. The lowest BCUT2D eigenvalue weighted by Crippen LogP contribution is -2.68. The summed E-state index contributed by atoms with van der Waals surface area (Å²) in [5.74, 6) is 2.14. The lowest BCUT2D eigenvalue weighted by molar-refractivity contribution is -0.107. The SMILES string of the molecule is CC1(C)CN(C(=S)C23CC4C[C@@](C)(C2)C[C@](c2ccc(C56CC7(C(=S)N[C@H]8CN9CCC8CC9)C[C@](C)(C5)C[C@@](c5ccc(C89CC%10(C(=S)NC%11CCC(CN)CC%11)C[C@](C)(C8)C[C@@](c8ccccc8)(C%10)C9)cc5)(C7)C6)cc2)(C4)C3)CC[C@@H]1N. The van der Waals surface area contributed by atoms with Crippen molar-refractivity contribution in [2.75, 3.05) is 39.3 Å². The Bertz CT molecular complexity index is 3150. The maximum Gasteiger partial charge on any atom is 0.0842 e. The maximum absolute atomic E-state index is 7.02. The van der Waals surface area contributed by atoms with Crippen molar-refractivity contribution in [2.24, 2.45) is 67.1 Å². The summed E-state index contributed by atoms with van der Waals surface area (Å²) in [6, 6.07) is 34.5. The molecule has 0 aromatic heterocycles. The lowest BCUT2D eigenvalue weighted by atomic mass is 9.33. The smallest absolute Gasteiger partial charge is 0.0842 e. The molecular formula is C75H102N6S3. The molecule has 14 atom stereocenters. The molecule has 17 fully saturated rings. The second kappa shape index (κ2) is 18.9. The predicted octanol–water partition coefficient (Wildman–Crippen LogP) is 14.8. The summed E-state index contributed by atoms with van der Waals surface area (Å²) in [5.41, 5.74) is 22.1. The van der Waals surface area contributed by atoms with Gasteiger partial charge in [-0.25, -0.2) is 0 Å². The Hall–Kier alpha value is -2.79. The summed E-state index contributed by atoms with van der Waals surface area (Å²) < 4.78 is 0. The van der Waals surface area contributed by atoms with Gasteiger partial charge in [0.05, 0.1) is 15.0 Å². The first-order chi connectivity index (χ1) is 40.0. The molecule has 4 aliphatic heterocycles. The van der Waals surface area contributed by atoms with Crippen molar-refractivity contribution in [2.45, 2.75) is 240 Å². The van der Waals surface area contributed by atoms with Crippen molar-refractivity contribution in [3.63, 3.8) is 0 Å². The lowest BCUT2D eigenvalue weighted by Gasteiger charge is -2.71. The van der Waals surface area contributed by atoms with E-state index in [1.165, 1.54) is 182 Å². The maximum atomic E-state index is 7.02. The van der Waals surface area contributed by atoms with Gasteiger partial charge in [0.2, 0.25) is 0 Å². The number of nitrogens with one attached hydrogen (secondary N) is 2. The number of thiocarbonyl (C=S) groups is 3. The van der Waals surface area contributed by atoms with E-state index in [-0.39, 0.29) is 65.6 Å². The molecule has 450 valence electrons. The Kier molecular flexibility index (Phi) is 12.7. The van der Waals surface area contributed by atoms with Gasteiger partial charge in [-0.3, -0.25) is 0 Å². The quantitative estimate of drug-likeness (QED) is 0.140. The van der Waals surface area contributed by atoms with E-state index in [1.54, 1.807) is 27.8 Å². The molecule has 6 unspecified atom stereocenters. The first kappa shape index (κ1) is 56.4. The Morgan fingerprint density at radius 2 is 0.964 bits per heavy atom. The molecule has 3 aromatic carbocycles. The highest BCUT2D eigenvalue weighted by atomic mass is 32.1. The molecule has 3 aromatic rings. The largest absolute Gasteiger partial charge is 0.376 e. The van der Waals surface area contributed by atoms with E-state index >= 15 is 0 Å². The van der Waals surface area contributed by atoms with E-state index in [1.807, 2.05) is 0 Å². The minimum atomic E-state index is -0.0407. The van der Waals surface area contributed by atoms with Crippen molar-refractivity contribution in [3.8, 4) is 0 Å². The van der Waals surface area contributed by atoms with Crippen molar-refractivity contribution in [1.82, 2.24) is 20.4 Å². The highest BCUT2D eigenvalue weighted by Gasteiger charge is 2.71. The van der Waals surface area contributed by atoms with Crippen LogP contribution in [-0.2, 0) is 27.1 Å². The normalized spacial score (nSPS) is 47.9. The van der Waals surface area contributed by atoms with Crippen molar-refractivity contribution in [3.05, 3.63) is 107 Å². The molecule has 0 amide bonds. The number of fused-ring (bicyclic) bond motifs is 3. The average Bonchev–Trinajstić information content (AvgIpc) is 0.700. The molecule has 9 heteroatoms. The van der Waals surface area contributed by atoms with Crippen molar-refractivity contribution < 1.29 is 0 Å². The van der Waals surface area contributed by atoms with Crippen LogP contribution in [0, 0.1) is 55.7 Å². The van der Waals surface area contributed by atoms with Crippen LogP contribution in [0.1, 0.15) is 223 Å². The van der Waals surface area contributed by atoms with Crippen LogP contribution in [0.3, 0.4) is 0 Å². The number of nitrogens with zero attached hydrogens (tertiary/aromatic N) is 2. The third-order valence-corrected chi connectivity index (χ3v) is 29.9. The third kappa shape index (κ3) is 8.68. The Morgan fingerprint density at radius 1 is 0.488 bits per heavy atom. The monoisotopic (exact) mass is 1180 g/mol. The summed E-state index contributed by atoms with van der Waals surface area (Å²) in [6.45, 7) is 19.2. The van der Waals surface area contributed by atoms with E-state index in [0.717, 1.165) is 44.4 Å². The van der Waals surface area contributed by atoms with Gasteiger partial charge in [0.1, 0.15) is 0 Å². The van der Waals surface area contributed by atoms with Crippen molar-refractivity contribution >= 4 is 51.6 Å². The number of hydrogen-bond donors (Lipinski definition) is 4. The number of nitrogens with two attached hydrogens (primary N) is 2. The van der Waals surface area contributed by atoms with Crippen LogP contribution in [0.2, 0.25) is 0 Å². The number of hydrogen-bond acceptors (Lipinski definition) is 6. The molecular weight excluding hydrogens is 1080 g/mol. The summed E-state index contributed by atoms with van der Waals surface area (Å²) in [7, 11) is 0. The molecule has 6 nitrogen and oxygen atoms in total. The molecule has 17 aliphatic rings. The van der Waals surface area contributed by atoms with E-state index in [9.17, 15) is 0 Å². The molecule has 13 saturated carbocycles. The topological polar surface area (TPSA) is 82.6 Å². The van der Waals surface area contributed by atoms with Crippen LogP contribution in [0.15, 0.2) is 78.9 Å². The first-order valence-electron chi connectivity index (χ1n) is 34.3. The van der Waals surface area contributed by atoms with Crippen LogP contribution in [0.4, 0.5) is 0 Å². The Morgan fingerprint density at radius 3 is 1.45 bits per heavy atom. The van der Waals surface area contributed by atoms with E-state index in [4.69, 9.17) is 48.1 Å². The summed E-state index contributed by atoms with van der Waals surface area (Å²) >= 11 is 20.6. The average molecular weight is 1180 g/mol. The van der Waals surface area contributed by atoms with Crippen LogP contribution in [0.25, 0.3) is 0 Å². The zero-order valence-corrected chi connectivity index (χ0v) is 54.6. The van der Waals surface area contributed by atoms with Gasteiger partial charge in [0, 0.05) is 54.0 Å². The van der Waals surface area contributed by atoms with Gasteiger partial charge in [-0.15, -0.1) is 0 Å². The highest BCUT2D eigenvalue weighted by molar-refractivity contribution is 7.80. The standard InChI is InChI=1S/C75H102N6S3/c1-64(2)49-81(28-25-60(64)77)63(84)69-31-51-29-65(3,35-69)34-68(30-51,42-69)54-13-15-55(16-14-54)72-38-67(5)39-73(44-72,48-75(41-67,47-72)62(83)79-59-33-80-26-23-52(59)24-27-80)57-19-17-56(18-20-57)71-37-66(4)36-70(43-71,53-9-7-6-8-10-53)45-74(40-66,46-71)61(82)78-58-21-11-50(32-76)12-22-58/h6-10,13-20,50-52,58-60H,11-12,21-49,76-77H2,1-5H3,(H,78,82)(H,79,83)/t50?,51?,58?,59-,60-,65+,66-,67+,68+,69?,70-,71?,72?,73-,74?,75?/m0/s1. The van der Waals surface area contributed by atoms with Gasteiger partial charge in [-0.1, -0.05) is 150 Å². The van der Waals surface area contributed by atoms with Gasteiger partial charge in [0.25, 0.3) is 0 Å². The predicted molar refractivity (Wildman–Crippen MR) is 356 cm³/mol. The Labute approximate surface area is 522 Å². The molecule has 14 bridgehead atoms. The fraction of sp³-hybridized carbons (Fsp3) is 0.720. The van der Waals surface area contributed by atoms with Crippen LogP contribution in [0.5, 0.6) is 0 Å². The summed E-state index contributed by atoms with van der Waals surface area (Å²) in [5, 5.41) is 8.43. The van der Waals surface area contributed by atoms with E-state index < -0.39 is 0 Å². The van der Waals surface area contributed by atoms with Gasteiger partial charge in [0.15, 0.2) is 0 Å². The first-order valence-corrected chi connectivity index (χ1v) is 35.6. The second-order valence-electron chi connectivity index (χ2n) is 35.6. The Balaban J connectivity index is 0.744. The number of rotatable bonds is 11. The van der Waals surface area contributed by atoms with E-state index in [2.05, 4.69) is 134 Å². The molecule has 0 radical (unpaired) electrons. The van der Waals surface area contributed by atoms with Gasteiger partial charge in [-0.05, 0) is 274 Å². The molecule has 0 spiro atoms. The number of likely N-dealkylation sites (tertiary alicyclic amines) is 1. The van der Waals surface area contributed by atoms with Crippen LogP contribution in [-0.4, -0.2) is 82.2 Å². The second-order valence-corrected chi connectivity index (χ2v) is 36.8. The van der Waals surface area contributed by atoms with Gasteiger partial charge < -0.3 is 31.9 Å². The highest BCUT2D eigenvalue weighted by Crippen LogP contribution is 2.77. The molecule has 6 N–H and O–H groups in total.